The van der Waals surface area contributed by atoms with E-state index in [0.717, 1.165) is 13.5 Å². The highest BCUT2D eigenvalue weighted by Gasteiger charge is 2.64. The molecule has 0 heterocycles. The van der Waals surface area contributed by atoms with Crippen LogP contribution in [0.1, 0.15) is 39.2 Å². The molecule has 0 aliphatic rings. The van der Waals surface area contributed by atoms with Gasteiger partial charge in [0.05, 0.1) is 6.10 Å². The number of carbonyl (C=O) groups excluding carboxylic acids is 1. The average Bonchev–Trinajstić information content (AvgIpc) is 2.47. The van der Waals surface area contributed by atoms with Gasteiger partial charge in [-0.1, -0.05) is 50.6 Å². The molecule has 0 saturated heterocycles. The highest BCUT2D eigenvalue weighted by molar-refractivity contribution is 5.82. The first-order chi connectivity index (χ1) is 10.7. The Morgan fingerprint density at radius 2 is 1.74 bits per heavy atom. The van der Waals surface area contributed by atoms with Crippen molar-refractivity contribution in [3.05, 3.63) is 35.9 Å². The Labute approximate surface area is 134 Å². The molecule has 0 aliphatic carbocycles. The van der Waals surface area contributed by atoms with E-state index in [2.05, 4.69) is 4.74 Å². The van der Waals surface area contributed by atoms with Crippen LogP contribution in [0.15, 0.2) is 30.3 Å². The normalized spacial score (nSPS) is 17.2. The lowest BCUT2D eigenvalue weighted by Crippen LogP contribution is -2.52. The van der Waals surface area contributed by atoms with E-state index in [9.17, 15) is 18.0 Å². The van der Waals surface area contributed by atoms with Gasteiger partial charge in [0, 0.05) is 12.7 Å². The first kappa shape index (κ1) is 19.5. The molecule has 6 heteroatoms. The van der Waals surface area contributed by atoms with Crippen LogP contribution in [0.25, 0.3) is 0 Å². The van der Waals surface area contributed by atoms with Gasteiger partial charge in [0.25, 0.3) is 5.60 Å². The van der Waals surface area contributed by atoms with Crippen LogP contribution in [0.4, 0.5) is 13.2 Å². The van der Waals surface area contributed by atoms with E-state index in [1.807, 2.05) is 13.8 Å². The Hall–Kier alpha value is -1.56. The lowest BCUT2D eigenvalue weighted by atomic mass is 9.92. The van der Waals surface area contributed by atoms with Crippen molar-refractivity contribution < 1.29 is 27.4 Å². The summed E-state index contributed by atoms with van der Waals surface area (Å²) in [7, 11) is 0.862. The van der Waals surface area contributed by atoms with Gasteiger partial charge in [0.1, 0.15) is 0 Å². The van der Waals surface area contributed by atoms with E-state index < -0.39 is 23.9 Å². The van der Waals surface area contributed by atoms with E-state index in [1.54, 1.807) is 13.0 Å². The monoisotopic (exact) mass is 332 g/mol. The average molecular weight is 332 g/mol. The molecule has 23 heavy (non-hydrogen) atoms. The first-order valence-corrected chi connectivity index (χ1v) is 7.57. The molecule has 0 spiro atoms. The number of alkyl halides is 3. The summed E-state index contributed by atoms with van der Waals surface area (Å²) in [5, 5.41) is 0. The molecule has 0 aliphatic heterocycles. The van der Waals surface area contributed by atoms with E-state index in [-0.39, 0.29) is 11.5 Å². The van der Waals surface area contributed by atoms with E-state index in [4.69, 9.17) is 4.74 Å². The number of halogens is 3. The Morgan fingerprint density at radius 3 is 2.17 bits per heavy atom. The predicted octanol–water partition coefficient (Wildman–Crippen LogP) is 4.46. The second-order valence-electron chi connectivity index (χ2n) is 5.71. The van der Waals surface area contributed by atoms with Gasteiger partial charge in [0.2, 0.25) is 0 Å². The Balaban J connectivity index is 3.13. The van der Waals surface area contributed by atoms with Crippen molar-refractivity contribution in [2.75, 3.05) is 7.11 Å². The van der Waals surface area contributed by atoms with Gasteiger partial charge in [-0.2, -0.15) is 13.2 Å². The van der Waals surface area contributed by atoms with Crippen LogP contribution in [0.3, 0.4) is 0 Å². The van der Waals surface area contributed by atoms with Crippen LogP contribution in [-0.2, 0) is 19.9 Å². The predicted molar refractivity (Wildman–Crippen MR) is 80.8 cm³/mol. The topological polar surface area (TPSA) is 35.5 Å². The second-order valence-corrected chi connectivity index (χ2v) is 5.71. The molecule has 3 atom stereocenters. The molecule has 0 N–H and O–H groups in total. The third-order valence-electron chi connectivity index (χ3n) is 3.91. The van der Waals surface area contributed by atoms with Crippen LogP contribution < -0.4 is 0 Å². The minimum Gasteiger partial charge on any atom is -0.460 e. The van der Waals surface area contributed by atoms with E-state index in [1.165, 1.54) is 24.3 Å². The molecule has 0 amide bonds. The first-order valence-electron chi connectivity index (χ1n) is 7.57. The summed E-state index contributed by atoms with van der Waals surface area (Å²) < 4.78 is 50.8. The number of esters is 1. The number of carbonyl (C=O) groups is 1. The fourth-order valence-corrected chi connectivity index (χ4v) is 2.43. The fraction of sp³-hybridized carbons (Fsp3) is 0.588. The fourth-order valence-electron chi connectivity index (χ4n) is 2.43. The Bertz CT molecular complexity index is 502. The lowest BCUT2D eigenvalue weighted by Gasteiger charge is -2.33. The molecule has 1 aromatic carbocycles. The van der Waals surface area contributed by atoms with Crippen LogP contribution in [0, 0.1) is 5.92 Å². The second kappa shape index (κ2) is 7.81. The summed E-state index contributed by atoms with van der Waals surface area (Å²) in [4.78, 5) is 12.4. The van der Waals surface area contributed by atoms with Gasteiger partial charge in [-0.15, -0.1) is 0 Å². The number of rotatable bonds is 7. The summed E-state index contributed by atoms with van der Waals surface area (Å²) in [6.45, 7) is 5.51. The van der Waals surface area contributed by atoms with Gasteiger partial charge in [0.15, 0.2) is 0 Å². The molecule has 1 aromatic rings. The third kappa shape index (κ3) is 4.25. The van der Waals surface area contributed by atoms with Crippen molar-refractivity contribution in [2.24, 2.45) is 5.92 Å². The minimum absolute atomic E-state index is 0.248. The summed E-state index contributed by atoms with van der Waals surface area (Å²) in [5.41, 5.74) is -3.41. The Kier molecular flexibility index (Phi) is 6.62. The molecular weight excluding hydrogens is 309 g/mol. The summed E-state index contributed by atoms with van der Waals surface area (Å²) >= 11 is 0. The number of benzene rings is 1. The molecule has 0 radical (unpaired) electrons. The number of hydrogen-bond donors (Lipinski definition) is 0. The molecule has 0 saturated carbocycles. The molecule has 0 aromatic heterocycles. The molecule has 0 bridgehead atoms. The van der Waals surface area contributed by atoms with Crippen molar-refractivity contribution in [3.8, 4) is 0 Å². The highest BCUT2D eigenvalue weighted by atomic mass is 19.4. The number of hydrogen-bond acceptors (Lipinski definition) is 3. The van der Waals surface area contributed by atoms with Crippen molar-refractivity contribution >= 4 is 5.97 Å². The molecule has 1 unspecified atom stereocenters. The van der Waals surface area contributed by atoms with Crippen molar-refractivity contribution in [2.45, 2.75) is 51.5 Å². The molecule has 3 nitrogen and oxygen atoms in total. The maximum atomic E-state index is 13.7. The van der Waals surface area contributed by atoms with Crippen molar-refractivity contribution in [1.82, 2.24) is 0 Å². The zero-order chi connectivity index (χ0) is 17.7. The van der Waals surface area contributed by atoms with E-state index >= 15 is 0 Å². The van der Waals surface area contributed by atoms with Crippen LogP contribution in [-0.4, -0.2) is 25.4 Å². The molecule has 1 rings (SSSR count). The Morgan fingerprint density at radius 1 is 1.17 bits per heavy atom. The SMILES string of the molecule is CC[C@@H](C)C[C@@H](C)OC(=O)C(OC)(c1ccccc1)C(F)(F)F. The van der Waals surface area contributed by atoms with Gasteiger partial charge in [-0.3, -0.25) is 0 Å². The van der Waals surface area contributed by atoms with Crippen LogP contribution >= 0.6 is 0 Å². The molecule has 130 valence electrons. The molecule has 0 fully saturated rings. The zero-order valence-electron chi connectivity index (χ0n) is 13.8. The van der Waals surface area contributed by atoms with Crippen LogP contribution in [0.2, 0.25) is 0 Å². The largest absolute Gasteiger partial charge is 0.460 e. The smallest absolute Gasteiger partial charge is 0.432 e. The summed E-state index contributed by atoms with van der Waals surface area (Å²) in [6, 6.07) is 6.82. The zero-order valence-corrected chi connectivity index (χ0v) is 13.8. The van der Waals surface area contributed by atoms with Gasteiger partial charge in [-0.05, 0) is 19.3 Å². The quantitative estimate of drug-likeness (QED) is 0.692. The summed E-state index contributed by atoms with van der Waals surface area (Å²) in [5.74, 6) is -1.19. The lowest BCUT2D eigenvalue weighted by molar-refractivity contribution is -0.278. The van der Waals surface area contributed by atoms with Gasteiger partial charge in [-0.25, -0.2) is 4.79 Å². The highest BCUT2D eigenvalue weighted by Crippen LogP contribution is 2.43. The third-order valence-corrected chi connectivity index (χ3v) is 3.91. The standard InChI is InChI=1S/C17H23F3O3/c1-5-12(2)11-13(3)23-15(21)16(22-4,17(18,19)20)14-9-7-6-8-10-14/h6-10,12-13H,5,11H2,1-4H3/t12-,13-,16?/m1/s1. The van der Waals surface area contributed by atoms with Crippen molar-refractivity contribution in [3.63, 3.8) is 0 Å². The number of methoxy groups -OCH3 is 1. The van der Waals surface area contributed by atoms with Gasteiger partial charge >= 0.3 is 12.1 Å². The maximum Gasteiger partial charge on any atom is 0.432 e. The minimum atomic E-state index is -4.93. The maximum absolute atomic E-state index is 13.7. The molecular formula is C17H23F3O3. The van der Waals surface area contributed by atoms with Crippen LogP contribution in [0.5, 0.6) is 0 Å². The summed E-state index contributed by atoms with van der Waals surface area (Å²) in [6.07, 6.45) is -4.21. The number of ether oxygens (including phenoxy) is 2. The van der Waals surface area contributed by atoms with Gasteiger partial charge < -0.3 is 9.47 Å². The van der Waals surface area contributed by atoms with E-state index in [0.29, 0.717) is 6.42 Å². The van der Waals surface area contributed by atoms with Crippen molar-refractivity contribution in [1.29, 1.82) is 0 Å².